The Hall–Kier alpha value is -1.39. The molecule has 2 aliphatic rings. The molecule has 1 unspecified atom stereocenters. The maximum atomic E-state index is 12.4. The number of nitrogens with one attached hydrogen (secondary N) is 1. The first-order valence-electron chi connectivity index (χ1n) is 7.25. The summed E-state index contributed by atoms with van der Waals surface area (Å²) in [5.74, 6) is -0.734. The van der Waals surface area contributed by atoms with E-state index in [1.165, 1.54) is 0 Å². The highest BCUT2D eigenvalue weighted by Gasteiger charge is 2.56. The van der Waals surface area contributed by atoms with Crippen LogP contribution >= 0.6 is 11.6 Å². The van der Waals surface area contributed by atoms with Gasteiger partial charge < -0.3 is 4.74 Å². The Bertz CT molecular complexity index is 581. The highest BCUT2D eigenvalue weighted by atomic mass is 35.5. The molecule has 1 aromatic carbocycles. The maximum absolute atomic E-state index is 12.4. The molecule has 1 saturated carbocycles. The minimum Gasteiger partial charge on any atom is -0.378 e. The van der Waals surface area contributed by atoms with E-state index < -0.39 is 0 Å². The van der Waals surface area contributed by atoms with Gasteiger partial charge in [-0.3, -0.25) is 14.9 Å². The maximum Gasteiger partial charge on any atom is 0.234 e. The largest absolute Gasteiger partial charge is 0.378 e. The van der Waals surface area contributed by atoms with Crippen LogP contribution in [-0.2, 0) is 14.3 Å². The Labute approximate surface area is 128 Å². The van der Waals surface area contributed by atoms with Gasteiger partial charge in [0.1, 0.15) is 0 Å². The lowest BCUT2D eigenvalue weighted by Gasteiger charge is -2.53. The minimum absolute atomic E-state index is 0.149. The summed E-state index contributed by atoms with van der Waals surface area (Å²) in [6, 6.07) is 7.35. The zero-order chi connectivity index (χ0) is 15.0. The summed E-state index contributed by atoms with van der Waals surface area (Å²) in [4.78, 5) is 24.2. The number of benzene rings is 1. The summed E-state index contributed by atoms with van der Waals surface area (Å²) in [5.41, 5.74) is 0.562. The molecular formula is C16H18ClNO3. The third-order valence-corrected chi connectivity index (χ3v) is 4.74. The van der Waals surface area contributed by atoms with Crippen molar-refractivity contribution in [1.82, 2.24) is 5.32 Å². The molecule has 0 bridgehead atoms. The first kappa shape index (κ1) is 14.5. The lowest BCUT2D eigenvalue weighted by molar-refractivity contribution is -0.153. The van der Waals surface area contributed by atoms with Crippen LogP contribution in [-0.4, -0.2) is 24.5 Å². The average molecular weight is 308 g/mol. The zero-order valence-electron chi connectivity index (χ0n) is 11.9. The summed E-state index contributed by atoms with van der Waals surface area (Å²) in [7, 11) is 0. The number of hydrogen-bond acceptors (Lipinski definition) is 3. The van der Waals surface area contributed by atoms with E-state index in [1.807, 2.05) is 25.1 Å². The molecule has 0 aromatic heterocycles. The van der Waals surface area contributed by atoms with Crippen LogP contribution in [0.15, 0.2) is 24.3 Å². The van der Waals surface area contributed by atoms with Gasteiger partial charge in [0.25, 0.3) is 0 Å². The van der Waals surface area contributed by atoms with E-state index in [9.17, 15) is 9.59 Å². The van der Waals surface area contributed by atoms with Crippen LogP contribution < -0.4 is 5.32 Å². The SMILES string of the molecule is CCOC1CC2(CC(=O)NC(=O)C2c2cccc(Cl)c2)C1. The Morgan fingerprint density at radius 2 is 2.14 bits per heavy atom. The highest BCUT2D eigenvalue weighted by Crippen LogP contribution is 2.56. The van der Waals surface area contributed by atoms with Gasteiger partial charge in [-0.25, -0.2) is 0 Å². The lowest BCUT2D eigenvalue weighted by Crippen LogP contribution is -2.57. The van der Waals surface area contributed by atoms with Gasteiger partial charge in [-0.15, -0.1) is 0 Å². The highest BCUT2D eigenvalue weighted by molar-refractivity contribution is 6.30. The van der Waals surface area contributed by atoms with Gasteiger partial charge in [-0.1, -0.05) is 23.7 Å². The van der Waals surface area contributed by atoms with Crippen LogP contribution in [0.4, 0.5) is 0 Å². The summed E-state index contributed by atoms with van der Waals surface area (Å²) in [6.45, 7) is 2.61. The predicted molar refractivity (Wildman–Crippen MR) is 79.0 cm³/mol. The fourth-order valence-corrected chi connectivity index (χ4v) is 3.92. The van der Waals surface area contributed by atoms with E-state index in [2.05, 4.69) is 5.32 Å². The molecule has 1 heterocycles. The van der Waals surface area contributed by atoms with Crippen LogP contribution in [0.1, 0.15) is 37.7 Å². The fraction of sp³-hybridized carbons (Fsp3) is 0.500. The molecule has 2 fully saturated rings. The van der Waals surface area contributed by atoms with Crippen LogP contribution in [0.2, 0.25) is 5.02 Å². The van der Waals surface area contributed by atoms with Crippen LogP contribution in [0.25, 0.3) is 0 Å². The van der Waals surface area contributed by atoms with Crippen molar-refractivity contribution in [2.75, 3.05) is 6.61 Å². The van der Waals surface area contributed by atoms with Crippen molar-refractivity contribution in [2.45, 2.75) is 38.2 Å². The molecule has 0 radical (unpaired) electrons. The molecule has 3 rings (SSSR count). The van der Waals surface area contributed by atoms with Crippen molar-refractivity contribution in [2.24, 2.45) is 5.41 Å². The van der Waals surface area contributed by atoms with Crippen molar-refractivity contribution in [1.29, 1.82) is 0 Å². The van der Waals surface area contributed by atoms with Crippen LogP contribution in [0, 0.1) is 5.41 Å². The summed E-state index contributed by atoms with van der Waals surface area (Å²) < 4.78 is 5.61. The topological polar surface area (TPSA) is 55.4 Å². The quantitative estimate of drug-likeness (QED) is 0.874. The molecule has 21 heavy (non-hydrogen) atoms. The monoisotopic (exact) mass is 307 g/mol. The first-order chi connectivity index (χ1) is 10.0. The number of carbonyl (C=O) groups excluding carboxylic acids is 2. The third-order valence-electron chi connectivity index (χ3n) is 4.50. The lowest BCUT2D eigenvalue weighted by atomic mass is 9.54. The van der Waals surface area contributed by atoms with E-state index >= 15 is 0 Å². The van der Waals surface area contributed by atoms with Crippen molar-refractivity contribution in [3.8, 4) is 0 Å². The van der Waals surface area contributed by atoms with Gasteiger partial charge in [0.2, 0.25) is 11.8 Å². The molecule has 1 atom stereocenters. The number of rotatable bonds is 3. The van der Waals surface area contributed by atoms with Crippen molar-refractivity contribution in [3.05, 3.63) is 34.9 Å². The molecule has 4 nitrogen and oxygen atoms in total. The van der Waals surface area contributed by atoms with Crippen LogP contribution in [0.5, 0.6) is 0 Å². The van der Waals surface area contributed by atoms with Gasteiger partial charge in [-0.05, 0) is 42.9 Å². The second kappa shape index (κ2) is 5.43. The van der Waals surface area contributed by atoms with Gasteiger partial charge in [-0.2, -0.15) is 0 Å². The molecule has 1 N–H and O–H groups in total. The minimum atomic E-state index is -0.328. The molecule has 1 saturated heterocycles. The molecule has 1 spiro atoms. The number of imide groups is 1. The van der Waals surface area contributed by atoms with Crippen molar-refractivity contribution < 1.29 is 14.3 Å². The number of ether oxygens (including phenoxy) is 1. The second-order valence-electron chi connectivity index (χ2n) is 5.93. The number of carbonyl (C=O) groups is 2. The van der Waals surface area contributed by atoms with E-state index in [1.54, 1.807) is 6.07 Å². The molecule has 1 aromatic rings. The van der Waals surface area contributed by atoms with Crippen LogP contribution in [0.3, 0.4) is 0 Å². The Morgan fingerprint density at radius 3 is 2.81 bits per heavy atom. The van der Waals surface area contributed by atoms with Crippen molar-refractivity contribution in [3.63, 3.8) is 0 Å². The molecule has 2 amide bonds. The fourth-order valence-electron chi connectivity index (χ4n) is 3.73. The molecule has 1 aliphatic carbocycles. The summed E-state index contributed by atoms with van der Waals surface area (Å²) in [6.07, 6.45) is 2.02. The standard InChI is InChI=1S/C16H18ClNO3/c1-2-21-12-7-16(8-12)9-13(19)18-15(20)14(16)10-4-3-5-11(17)6-10/h3-6,12,14H,2,7-9H2,1H3,(H,18,19,20). The normalized spacial score (nSPS) is 31.9. The second-order valence-corrected chi connectivity index (χ2v) is 6.36. The Kier molecular flexibility index (Phi) is 3.76. The number of piperidine rings is 1. The molecule has 112 valence electrons. The van der Waals surface area contributed by atoms with E-state index in [0.29, 0.717) is 18.1 Å². The van der Waals surface area contributed by atoms with Crippen molar-refractivity contribution >= 4 is 23.4 Å². The van der Waals surface area contributed by atoms with Gasteiger partial charge >= 0.3 is 0 Å². The molecule has 5 heteroatoms. The first-order valence-corrected chi connectivity index (χ1v) is 7.62. The van der Waals surface area contributed by atoms with E-state index in [0.717, 1.165) is 18.4 Å². The number of hydrogen-bond donors (Lipinski definition) is 1. The van der Waals surface area contributed by atoms with Gasteiger partial charge in [0, 0.05) is 18.1 Å². The molecular weight excluding hydrogens is 290 g/mol. The Morgan fingerprint density at radius 1 is 1.38 bits per heavy atom. The summed E-state index contributed by atoms with van der Waals surface area (Å²) >= 11 is 6.05. The number of amides is 2. The smallest absolute Gasteiger partial charge is 0.234 e. The number of halogens is 1. The Balaban J connectivity index is 1.91. The van der Waals surface area contributed by atoms with E-state index in [4.69, 9.17) is 16.3 Å². The summed E-state index contributed by atoms with van der Waals surface area (Å²) in [5, 5.41) is 3.06. The zero-order valence-corrected chi connectivity index (χ0v) is 12.7. The average Bonchev–Trinajstić information content (AvgIpc) is 2.36. The third kappa shape index (κ3) is 2.58. The van der Waals surface area contributed by atoms with E-state index in [-0.39, 0.29) is 29.3 Å². The van der Waals surface area contributed by atoms with Gasteiger partial charge in [0.05, 0.1) is 12.0 Å². The predicted octanol–water partition coefficient (Wildman–Crippen LogP) is 2.66. The van der Waals surface area contributed by atoms with Gasteiger partial charge in [0.15, 0.2) is 0 Å². The molecule has 1 aliphatic heterocycles.